The molecule has 1 saturated carbocycles. The maximum Gasteiger partial charge on any atom is 0.411 e. The molecule has 1 atom stereocenters. The molecule has 0 saturated heterocycles. The van der Waals surface area contributed by atoms with Gasteiger partial charge in [-0.15, -0.1) is 0 Å². The predicted octanol–water partition coefficient (Wildman–Crippen LogP) is 5.80. The fourth-order valence-electron chi connectivity index (χ4n) is 4.01. The van der Waals surface area contributed by atoms with Gasteiger partial charge in [-0.3, -0.25) is 5.32 Å². The molecule has 0 heterocycles. The summed E-state index contributed by atoms with van der Waals surface area (Å²) in [6.07, 6.45) is 4.30. The Hall–Kier alpha value is -2.82. The highest BCUT2D eigenvalue weighted by molar-refractivity contribution is 5.90. The van der Waals surface area contributed by atoms with E-state index in [1.54, 1.807) is 24.3 Å². The van der Waals surface area contributed by atoms with Crippen molar-refractivity contribution in [1.82, 2.24) is 5.32 Å². The monoisotopic (exact) mass is 409 g/mol. The molecule has 0 aromatic heterocycles. The van der Waals surface area contributed by atoms with Crippen LogP contribution in [0.5, 0.6) is 0 Å². The number of amides is 1. The zero-order valence-corrected chi connectivity index (χ0v) is 18.0. The Kier molecular flexibility index (Phi) is 6.80. The molecule has 1 aliphatic carbocycles. The summed E-state index contributed by atoms with van der Waals surface area (Å²) in [5.41, 5.74) is -0.772. The van der Waals surface area contributed by atoms with E-state index in [2.05, 4.69) is 5.32 Å². The van der Waals surface area contributed by atoms with Crippen molar-refractivity contribution in [1.29, 1.82) is 0 Å². The fraction of sp³-hybridized carbons (Fsp3) is 0.440. The number of hydrogen-bond donors (Lipinski definition) is 1. The summed E-state index contributed by atoms with van der Waals surface area (Å²) in [5, 5.41) is 2.97. The van der Waals surface area contributed by atoms with Gasteiger partial charge < -0.3 is 9.47 Å². The molecule has 3 rings (SSSR count). The molecule has 2 aromatic rings. The lowest BCUT2D eigenvalue weighted by Gasteiger charge is -2.42. The highest BCUT2D eigenvalue weighted by Gasteiger charge is 2.47. The average molecular weight is 410 g/mol. The van der Waals surface area contributed by atoms with Crippen LogP contribution in [0.2, 0.25) is 0 Å². The minimum absolute atomic E-state index is 0.0474. The molecule has 1 unspecified atom stereocenters. The third-order valence-electron chi connectivity index (χ3n) is 5.33. The topological polar surface area (TPSA) is 64.6 Å². The van der Waals surface area contributed by atoms with Crippen molar-refractivity contribution in [3.8, 4) is 0 Å². The molecule has 2 aromatic carbocycles. The van der Waals surface area contributed by atoms with Crippen LogP contribution in [0.1, 0.15) is 68.8 Å². The van der Waals surface area contributed by atoms with Gasteiger partial charge in [-0.05, 0) is 45.7 Å². The molecule has 1 aliphatic rings. The van der Waals surface area contributed by atoms with Gasteiger partial charge in [0.05, 0.1) is 5.56 Å². The lowest BCUT2D eigenvalue weighted by atomic mass is 9.78. The van der Waals surface area contributed by atoms with Crippen LogP contribution in [0.3, 0.4) is 0 Å². The van der Waals surface area contributed by atoms with Crippen molar-refractivity contribution in [2.75, 3.05) is 0 Å². The minimum atomic E-state index is -1.29. The second-order valence-corrected chi connectivity index (χ2v) is 8.82. The molecule has 0 radical (unpaired) electrons. The van der Waals surface area contributed by atoms with Crippen LogP contribution in [0, 0.1) is 5.92 Å². The van der Waals surface area contributed by atoms with E-state index < -0.39 is 23.4 Å². The number of esters is 1. The fourth-order valence-corrected chi connectivity index (χ4v) is 4.01. The van der Waals surface area contributed by atoms with Gasteiger partial charge >= 0.3 is 12.1 Å². The first-order valence-electron chi connectivity index (χ1n) is 10.7. The summed E-state index contributed by atoms with van der Waals surface area (Å²) in [4.78, 5) is 26.0. The Morgan fingerprint density at radius 2 is 1.40 bits per heavy atom. The van der Waals surface area contributed by atoms with Gasteiger partial charge in [-0.2, -0.15) is 0 Å². The zero-order valence-electron chi connectivity index (χ0n) is 18.0. The largest absolute Gasteiger partial charge is 0.444 e. The van der Waals surface area contributed by atoms with Crippen LogP contribution in [-0.2, 0) is 15.2 Å². The van der Waals surface area contributed by atoms with E-state index in [4.69, 9.17) is 9.47 Å². The van der Waals surface area contributed by atoms with E-state index in [1.807, 2.05) is 57.2 Å². The molecule has 0 bridgehead atoms. The van der Waals surface area contributed by atoms with Crippen molar-refractivity contribution < 1.29 is 19.1 Å². The molecule has 5 heteroatoms. The lowest BCUT2D eigenvalue weighted by molar-refractivity contribution is -0.0889. The van der Waals surface area contributed by atoms with Gasteiger partial charge in [-0.25, -0.2) is 9.59 Å². The second kappa shape index (κ2) is 9.33. The molecule has 1 N–H and O–H groups in total. The summed E-state index contributed by atoms with van der Waals surface area (Å²) in [6.45, 7) is 5.44. The van der Waals surface area contributed by atoms with Gasteiger partial charge in [0.1, 0.15) is 5.60 Å². The van der Waals surface area contributed by atoms with Crippen LogP contribution < -0.4 is 5.32 Å². The van der Waals surface area contributed by atoms with Gasteiger partial charge in [-0.1, -0.05) is 67.8 Å². The first-order chi connectivity index (χ1) is 14.3. The molecule has 0 spiro atoms. The van der Waals surface area contributed by atoms with Crippen molar-refractivity contribution in [2.24, 2.45) is 5.92 Å². The maximum absolute atomic E-state index is 13.1. The van der Waals surface area contributed by atoms with E-state index in [1.165, 1.54) is 0 Å². The Labute approximate surface area is 178 Å². The Morgan fingerprint density at radius 1 is 0.833 bits per heavy atom. The molecular formula is C25H31NO4. The van der Waals surface area contributed by atoms with Crippen molar-refractivity contribution in [3.05, 3.63) is 71.8 Å². The number of nitrogens with one attached hydrogen (secondary N) is 1. The van der Waals surface area contributed by atoms with Gasteiger partial charge in [0, 0.05) is 11.5 Å². The van der Waals surface area contributed by atoms with Crippen LogP contribution >= 0.6 is 0 Å². The van der Waals surface area contributed by atoms with Crippen LogP contribution in [0.4, 0.5) is 4.79 Å². The molecule has 160 valence electrons. The third kappa shape index (κ3) is 5.41. The second-order valence-electron chi connectivity index (χ2n) is 8.82. The number of ether oxygens (including phenoxy) is 2. The number of carbonyl (C=O) groups is 2. The number of benzene rings is 2. The SMILES string of the molecule is CC(C)(C)OC(=O)NC(OC(=O)c1ccccc1)(c1ccccc1)C1CCCCC1. The summed E-state index contributed by atoms with van der Waals surface area (Å²) >= 11 is 0. The zero-order chi connectivity index (χ0) is 21.6. The number of alkyl carbamates (subject to hydrolysis) is 1. The van der Waals surface area contributed by atoms with Crippen LogP contribution in [0.25, 0.3) is 0 Å². The number of hydrogen-bond acceptors (Lipinski definition) is 4. The molecule has 1 amide bonds. The van der Waals surface area contributed by atoms with Crippen LogP contribution in [-0.4, -0.2) is 17.7 Å². The number of carbonyl (C=O) groups excluding carboxylic acids is 2. The quantitative estimate of drug-likeness (QED) is 0.501. The smallest absolute Gasteiger partial charge is 0.411 e. The van der Waals surface area contributed by atoms with Crippen molar-refractivity contribution in [3.63, 3.8) is 0 Å². The van der Waals surface area contributed by atoms with E-state index >= 15 is 0 Å². The first-order valence-corrected chi connectivity index (χ1v) is 10.7. The Balaban J connectivity index is 2.03. The van der Waals surface area contributed by atoms with E-state index in [0.717, 1.165) is 37.7 Å². The molecule has 5 nitrogen and oxygen atoms in total. The molecule has 0 aliphatic heterocycles. The molecule has 30 heavy (non-hydrogen) atoms. The Bertz CT molecular complexity index is 838. The normalized spacial score (nSPS) is 16.9. The summed E-state index contributed by atoms with van der Waals surface area (Å²) in [7, 11) is 0. The average Bonchev–Trinajstić information content (AvgIpc) is 2.73. The summed E-state index contributed by atoms with van der Waals surface area (Å²) in [6, 6.07) is 18.3. The van der Waals surface area contributed by atoms with Crippen molar-refractivity contribution >= 4 is 12.1 Å². The van der Waals surface area contributed by atoms with Gasteiger partial charge in [0.15, 0.2) is 0 Å². The standard InChI is InChI=1S/C25H31NO4/c1-24(2,3)30-23(28)26-25(20-15-9-5-10-16-20,21-17-11-6-12-18-21)29-22(27)19-13-7-4-8-14-19/h4-5,7-10,13-16,21H,6,11-12,17-18H2,1-3H3,(H,26,28). The first kappa shape index (κ1) is 21.9. The lowest BCUT2D eigenvalue weighted by Crippen LogP contribution is -2.55. The minimum Gasteiger partial charge on any atom is -0.444 e. The highest BCUT2D eigenvalue weighted by atomic mass is 16.6. The predicted molar refractivity (Wildman–Crippen MR) is 116 cm³/mol. The van der Waals surface area contributed by atoms with E-state index in [0.29, 0.717) is 5.56 Å². The van der Waals surface area contributed by atoms with E-state index in [-0.39, 0.29) is 5.92 Å². The van der Waals surface area contributed by atoms with Crippen molar-refractivity contribution in [2.45, 2.75) is 64.2 Å². The summed E-state index contributed by atoms with van der Waals surface area (Å²) < 4.78 is 11.7. The number of rotatable bonds is 5. The van der Waals surface area contributed by atoms with Crippen LogP contribution in [0.15, 0.2) is 60.7 Å². The Morgan fingerprint density at radius 3 is 1.97 bits per heavy atom. The van der Waals surface area contributed by atoms with Gasteiger partial charge in [0.2, 0.25) is 5.72 Å². The maximum atomic E-state index is 13.1. The highest BCUT2D eigenvalue weighted by Crippen LogP contribution is 2.41. The third-order valence-corrected chi connectivity index (χ3v) is 5.33. The summed E-state index contributed by atoms with van der Waals surface area (Å²) in [5.74, 6) is -0.519. The van der Waals surface area contributed by atoms with Gasteiger partial charge in [0.25, 0.3) is 0 Å². The molecular weight excluding hydrogens is 378 g/mol. The molecule has 1 fully saturated rings. The van der Waals surface area contributed by atoms with E-state index in [9.17, 15) is 9.59 Å².